The summed E-state index contributed by atoms with van der Waals surface area (Å²) < 4.78 is 2.10. The normalized spacial score (nSPS) is 20.7. The van der Waals surface area contributed by atoms with Crippen molar-refractivity contribution < 1.29 is 4.79 Å². The Labute approximate surface area is 171 Å². The van der Waals surface area contributed by atoms with Gasteiger partial charge in [0.15, 0.2) is 11.0 Å². The van der Waals surface area contributed by atoms with Gasteiger partial charge in [-0.05, 0) is 37.8 Å². The Balaban J connectivity index is 1.37. The molecule has 1 amide bonds. The van der Waals surface area contributed by atoms with E-state index in [4.69, 9.17) is 0 Å². The van der Waals surface area contributed by atoms with Crippen LogP contribution in [0.4, 0.5) is 0 Å². The Morgan fingerprint density at radius 2 is 1.93 bits per heavy atom. The summed E-state index contributed by atoms with van der Waals surface area (Å²) in [5, 5.41) is 13.1. The molecule has 0 bridgehead atoms. The van der Waals surface area contributed by atoms with Crippen molar-refractivity contribution in [1.29, 1.82) is 0 Å². The van der Waals surface area contributed by atoms with E-state index in [2.05, 4.69) is 49.2 Å². The number of benzene rings is 1. The molecule has 1 aliphatic carbocycles. The summed E-state index contributed by atoms with van der Waals surface area (Å²) in [6.45, 7) is 1.41. The van der Waals surface area contributed by atoms with E-state index in [1.165, 1.54) is 18.4 Å². The van der Waals surface area contributed by atoms with Gasteiger partial charge in [-0.25, -0.2) is 0 Å². The van der Waals surface area contributed by atoms with Crippen LogP contribution < -0.4 is 5.32 Å². The van der Waals surface area contributed by atoms with Crippen LogP contribution in [0, 0.1) is 0 Å². The molecule has 6 nitrogen and oxygen atoms in total. The third kappa shape index (κ3) is 4.58. The van der Waals surface area contributed by atoms with E-state index in [0.717, 1.165) is 49.0 Å². The van der Waals surface area contributed by atoms with Crippen LogP contribution in [-0.4, -0.2) is 44.7 Å². The van der Waals surface area contributed by atoms with E-state index in [9.17, 15) is 4.79 Å². The average Bonchev–Trinajstić information content (AvgIpc) is 3.43. The summed E-state index contributed by atoms with van der Waals surface area (Å²) in [5.41, 5.74) is 1.28. The predicted molar refractivity (Wildman–Crippen MR) is 111 cm³/mol. The molecule has 1 atom stereocenters. The van der Waals surface area contributed by atoms with Crippen molar-refractivity contribution in [3.63, 3.8) is 0 Å². The van der Waals surface area contributed by atoms with Gasteiger partial charge in [-0.1, -0.05) is 54.9 Å². The smallest absolute Gasteiger partial charge is 0.234 e. The number of rotatable bonds is 7. The highest BCUT2D eigenvalue weighted by Crippen LogP contribution is 2.32. The maximum Gasteiger partial charge on any atom is 0.234 e. The maximum atomic E-state index is 12.5. The molecule has 2 aromatic rings. The van der Waals surface area contributed by atoms with E-state index in [0.29, 0.717) is 12.6 Å². The van der Waals surface area contributed by atoms with Gasteiger partial charge in [0.05, 0.1) is 12.6 Å². The lowest BCUT2D eigenvalue weighted by Crippen LogP contribution is -2.41. The van der Waals surface area contributed by atoms with Crippen LogP contribution in [0.3, 0.4) is 0 Å². The predicted octanol–water partition coefficient (Wildman–Crippen LogP) is 3.30. The van der Waals surface area contributed by atoms with Crippen molar-refractivity contribution in [3.05, 3.63) is 41.7 Å². The summed E-state index contributed by atoms with van der Waals surface area (Å²) >= 11 is 1.71. The van der Waals surface area contributed by atoms with Crippen LogP contribution in [0.25, 0.3) is 0 Å². The van der Waals surface area contributed by atoms with Crippen LogP contribution in [-0.2, 0) is 17.6 Å². The number of carbonyl (C=O) groups excluding carboxylic acids is 1. The quantitative estimate of drug-likeness (QED) is 0.724. The zero-order chi connectivity index (χ0) is 19.3. The van der Waals surface area contributed by atoms with Gasteiger partial charge < -0.3 is 9.88 Å². The first-order valence-electron chi connectivity index (χ1n) is 10.3. The zero-order valence-electron chi connectivity index (χ0n) is 16.5. The molecule has 7 heteroatoms. The number of amides is 1. The molecule has 2 aliphatic rings. The molecule has 0 spiro atoms. The number of nitrogens with one attached hydrogen (secondary N) is 1. The highest BCUT2D eigenvalue weighted by molar-refractivity contribution is 7.98. The second kappa shape index (κ2) is 9.09. The number of hydrogen-bond acceptors (Lipinski definition) is 5. The van der Waals surface area contributed by atoms with Gasteiger partial charge in [0.25, 0.3) is 0 Å². The van der Waals surface area contributed by atoms with E-state index in [1.54, 1.807) is 11.8 Å². The van der Waals surface area contributed by atoms with Gasteiger partial charge in [0.2, 0.25) is 5.91 Å². The van der Waals surface area contributed by atoms with Crippen LogP contribution >= 0.6 is 11.8 Å². The van der Waals surface area contributed by atoms with Crippen molar-refractivity contribution in [3.8, 4) is 0 Å². The maximum absolute atomic E-state index is 12.5. The first kappa shape index (κ1) is 19.5. The molecule has 0 radical (unpaired) electrons. The van der Waals surface area contributed by atoms with Crippen LogP contribution in [0.15, 0.2) is 35.5 Å². The van der Waals surface area contributed by atoms with E-state index in [-0.39, 0.29) is 11.9 Å². The van der Waals surface area contributed by atoms with Gasteiger partial charge in [0.1, 0.15) is 0 Å². The van der Waals surface area contributed by atoms with Crippen molar-refractivity contribution in [2.24, 2.45) is 7.05 Å². The molecule has 1 aliphatic heterocycles. The van der Waals surface area contributed by atoms with Crippen molar-refractivity contribution in [2.45, 2.75) is 61.5 Å². The molecule has 1 aromatic heterocycles. The summed E-state index contributed by atoms with van der Waals surface area (Å²) in [5.74, 6) is 2.01. The van der Waals surface area contributed by atoms with Gasteiger partial charge in [-0.2, -0.15) is 0 Å². The average molecular weight is 400 g/mol. The monoisotopic (exact) mass is 399 g/mol. The Morgan fingerprint density at radius 3 is 2.71 bits per heavy atom. The van der Waals surface area contributed by atoms with Gasteiger partial charge in [-0.15, -0.1) is 10.2 Å². The molecule has 1 saturated carbocycles. The Hall–Kier alpha value is -1.86. The van der Waals surface area contributed by atoms with Crippen molar-refractivity contribution >= 4 is 17.7 Å². The third-order valence-corrected chi connectivity index (χ3v) is 6.90. The van der Waals surface area contributed by atoms with E-state index < -0.39 is 0 Å². The van der Waals surface area contributed by atoms with Gasteiger partial charge >= 0.3 is 0 Å². The number of hydrogen-bond donors (Lipinski definition) is 1. The van der Waals surface area contributed by atoms with E-state index >= 15 is 0 Å². The molecule has 2 heterocycles. The number of thioether (sulfide) groups is 1. The molecule has 1 aromatic carbocycles. The van der Waals surface area contributed by atoms with Crippen LogP contribution in [0.5, 0.6) is 0 Å². The summed E-state index contributed by atoms with van der Waals surface area (Å²) in [4.78, 5) is 14.7. The zero-order valence-corrected chi connectivity index (χ0v) is 17.3. The standard InChI is InChI=1S/C21H29N5OS/c1-25-20(23-24-21(25)28-15-16-8-3-2-4-9-16)18-12-7-13-26(18)14-19(27)22-17-10-5-6-11-17/h2-4,8-9,17-18H,5-7,10-15H2,1H3,(H,22,27). The number of nitrogens with zero attached hydrogens (tertiary/aromatic N) is 4. The fourth-order valence-corrected chi connectivity index (χ4v) is 5.17. The largest absolute Gasteiger partial charge is 0.352 e. The fraction of sp³-hybridized carbons (Fsp3) is 0.571. The number of carbonyl (C=O) groups is 1. The Kier molecular flexibility index (Phi) is 6.32. The SMILES string of the molecule is Cn1c(SCc2ccccc2)nnc1C1CCCN1CC(=O)NC1CCCC1. The number of likely N-dealkylation sites (tertiary alicyclic amines) is 1. The molecule has 150 valence electrons. The minimum Gasteiger partial charge on any atom is -0.352 e. The molecule has 2 fully saturated rings. The minimum absolute atomic E-state index is 0.152. The van der Waals surface area contributed by atoms with Crippen molar-refractivity contribution in [2.75, 3.05) is 13.1 Å². The van der Waals surface area contributed by atoms with Crippen molar-refractivity contribution in [1.82, 2.24) is 25.0 Å². The summed E-state index contributed by atoms with van der Waals surface area (Å²) in [6, 6.07) is 11.0. The van der Waals surface area contributed by atoms with Crippen LogP contribution in [0.1, 0.15) is 56.0 Å². The molecule has 1 N–H and O–H groups in total. The Bertz CT molecular complexity index is 787. The number of aromatic nitrogens is 3. The fourth-order valence-electron chi connectivity index (χ4n) is 4.30. The topological polar surface area (TPSA) is 63.1 Å². The molecular weight excluding hydrogens is 370 g/mol. The Morgan fingerprint density at radius 1 is 1.14 bits per heavy atom. The molecule has 28 heavy (non-hydrogen) atoms. The highest BCUT2D eigenvalue weighted by Gasteiger charge is 2.32. The lowest BCUT2D eigenvalue weighted by molar-refractivity contribution is -0.123. The first-order valence-corrected chi connectivity index (χ1v) is 11.3. The summed E-state index contributed by atoms with van der Waals surface area (Å²) in [6.07, 6.45) is 6.85. The lowest BCUT2D eigenvalue weighted by atomic mass is 10.2. The van der Waals surface area contributed by atoms with E-state index in [1.807, 2.05) is 13.1 Å². The third-order valence-electron chi connectivity index (χ3n) is 5.81. The molecule has 1 unspecified atom stereocenters. The molecular formula is C21H29N5OS. The van der Waals surface area contributed by atoms with Gasteiger partial charge in [-0.3, -0.25) is 9.69 Å². The minimum atomic E-state index is 0.152. The van der Waals surface area contributed by atoms with Crippen LogP contribution in [0.2, 0.25) is 0 Å². The molecule has 1 saturated heterocycles. The first-order chi connectivity index (χ1) is 13.7. The van der Waals surface area contributed by atoms with Gasteiger partial charge in [0, 0.05) is 18.8 Å². The highest BCUT2D eigenvalue weighted by atomic mass is 32.2. The molecule has 4 rings (SSSR count). The second-order valence-corrected chi connectivity index (χ2v) is 8.79. The lowest BCUT2D eigenvalue weighted by Gasteiger charge is -2.24. The summed E-state index contributed by atoms with van der Waals surface area (Å²) in [7, 11) is 2.04. The second-order valence-electron chi connectivity index (χ2n) is 7.85.